The SMILES string of the molecule is [2H][C@@H](c1cnc[nH]1)[C@]([2H])(NC(C)=O)C(=O)OC. The summed E-state index contributed by atoms with van der Waals surface area (Å²) < 4.78 is 20.2. The summed E-state index contributed by atoms with van der Waals surface area (Å²) in [6.45, 7) is 1.16. The summed E-state index contributed by atoms with van der Waals surface area (Å²) in [5.41, 5.74) is 0.235. The first-order valence-corrected chi connectivity index (χ1v) is 4.19. The Hall–Kier alpha value is -1.85. The van der Waals surface area contributed by atoms with Crippen molar-refractivity contribution in [2.75, 3.05) is 7.11 Å². The number of amides is 1. The molecule has 15 heavy (non-hydrogen) atoms. The van der Waals surface area contributed by atoms with Crippen molar-refractivity contribution in [2.24, 2.45) is 0 Å². The molecule has 1 rings (SSSR count). The predicted molar refractivity (Wildman–Crippen MR) is 51.9 cm³/mol. The Labute approximate surface area is 89.8 Å². The molecule has 0 aromatic carbocycles. The van der Waals surface area contributed by atoms with Crippen molar-refractivity contribution in [3.8, 4) is 0 Å². The van der Waals surface area contributed by atoms with E-state index >= 15 is 0 Å². The summed E-state index contributed by atoms with van der Waals surface area (Å²) >= 11 is 0. The molecule has 0 bridgehead atoms. The lowest BCUT2D eigenvalue weighted by atomic mass is 10.1. The van der Waals surface area contributed by atoms with Gasteiger partial charge in [0.15, 0.2) is 0 Å². The van der Waals surface area contributed by atoms with Crippen LogP contribution < -0.4 is 5.32 Å². The van der Waals surface area contributed by atoms with Gasteiger partial charge in [-0.1, -0.05) is 0 Å². The summed E-state index contributed by atoms with van der Waals surface area (Å²) in [6.07, 6.45) is 1.27. The molecule has 0 saturated heterocycles. The largest absolute Gasteiger partial charge is 0.467 e. The zero-order valence-corrected chi connectivity index (χ0v) is 8.40. The summed E-state index contributed by atoms with van der Waals surface area (Å²) in [6, 6.07) is -2.20. The number of H-pyrrole nitrogens is 1. The number of nitrogens with one attached hydrogen (secondary N) is 2. The van der Waals surface area contributed by atoms with Crippen LogP contribution in [-0.4, -0.2) is 35.0 Å². The van der Waals surface area contributed by atoms with E-state index in [0.717, 1.165) is 14.0 Å². The highest BCUT2D eigenvalue weighted by Crippen LogP contribution is 2.00. The molecule has 0 fully saturated rings. The maximum atomic E-state index is 11.5. The fourth-order valence-corrected chi connectivity index (χ4v) is 0.947. The standard InChI is InChI=1S/C9H13N3O3/c1-6(13)12-8(9(14)15-2)3-7-4-10-5-11-7/h4-5,8H,3H2,1-2H3,(H,10,11)(H,12,13)/t8-/m0/s1/i3D,8D/t3-,8-. The smallest absolute Gasteiger partial charge is 0.328 e. The van der Waals surface area contributed by atoms with Crippen molar-refractivity contribution in [3.05, 3.63) is 18.2 Å². The minimum absolute atomic E-state index is 0.235. The third-order valence-electron chi connectivity index (χ3n) is 1.54. The fraction of sp³-hybridized carbons (Fsp3) is 0.444. The first kappa shape index (κ1) is 8.46. The van der Waals surface area contributed by atoms with E-state index in [-0.39, 0.29) is 5.69 Å². The van der Waals surface area contributed by atoms with Gasteiger partial charge in [-0.15, -0.1) is 0 Å². The van der Waals surface area contributed by atoms with Crippen LogP contribution in [0.4, 0.5) is 0 Å². The van der Waals surface area contributed by atoms with Gasteiger partial charge in [0.05, 0.1) is 14.8 Å². The van der Waals surface area contributed by atoms with Crippen LogP contribution in [0.25, 0.3) is 0 Å². The summed E-state index contributed by atoms with van der Waals surface area (Å²) in [5, 5.41) is 2.11. The number of aromatic nitrogens is 2. The quantitative estimate of drug-likeness (QED) is 0.668. The van der Waals surface area contributed by atoms with E-state index < -0.39 is 24.3 Å². The predicted octanol–water partition coefficient (Wildman–Crippen LogP) is -0.370. The van der Waals surface area contributed by atoms with E-state index in [2.05, 4.69) is 20.0 Å². The molecule has 0 aliphatic carbocycles. The second-order valence-corrected chi connectivity index (χ2v) is 2.74. The van der Waals surface area contributed by atoms with Crippen molar-refractivity contribution in [1.82, 2.24) is 15.3 Å². The van der Waals surface area contributed by atoms with E-state index in [1.54, 1.807) is 0 Å². The number of esters is 1. The second kappa shape index (κ2) is 5.14. The molecule has 6 nitrogen and oxygen atoms in total. The van der Waals surface area contributed by atoms with Gasteiger partial charge < -0.3 is 15.0 Å². The number of nitrogens with zero attached hydrogens (tertiary/aromatic N) is 1. The fourth-order valence-electron chi connectivity index (χ4n) is 0.947. The number of rotatable bonds is 4. The molecule has 0 radical (unpaired) electrons. The van der Waals surface area contributed by atoms with Crippen LogP contribution in [0.3, 0.4) is 0 Å². The van der Waals surface area contributed by atoms with Gasteiger partial charge in [0.1, 0.15) is 6.02 Å². The van der Waals surface area contributed by atoms with Crippen molar-refractivity contribution in [1.29, 1.82) is 0 Å². The Bertz CT molecular complexity index is 410. The normalized spacial score (nSPS) is 18.0. The van der Waals surface area contributed by atoms with E-state index in [4.69, 9.17) is 2.74 Å². The van der Waals surface area contributed by atoms with Crippen molar-refractivity contribution in [2.45, 2.75) is 19.3 Å². The van der Waals surface area contributed by atoms with Gasteiger partial charge in [-0.05, 0) is 0 Å². The van der Waals surface area contributed by atoms with Gasteiger partial charge in [0, 0.05) is 26.6 Å². The Kier molecular flexibility index (Phi) is 2.90. The number of carbonyl (C=O) groups excluding carboxylic acids is 2. The molecule has 82 valence electrons. The van der Waals surface area contributed by atoms with E-state index in [1.165, 1.54) is 12.5 Å². The highest BCUT2D eigenvalue weighted by molar-refractivity contribution is 5.83. The molecule has 0 unspecified atom stereocenters. The lowest BCUT2D eigenvalue weighted by molar-refractivity contribution is -0.144. The second-order valence-electron chi connectivity index (χ2n) is 2.74. The molecule has 1 amide bonds. The Balaban J connectivity index is 3.05. The maximum absolute atomic E-state index is 11.5. The van der Waals surface area contributed by atoms with Crippen molar-refractivity contribution < 1.29 is 17.1 Å². The Morgan fingerprint density at radius 2 is 2.60 bits per heavy atom. The van der Waals surface area contributed by atoms with Crippen LogP contribution in [0.2, 0.25) is 0 Å². The minimum atomic E-state index is -2.20. The molecular weight excluding hydrogens is 198 g/mol. The van der Waals surface area contributed by atoms with Gasteiger partial charge >= 0.3 is 5.97 Å². The lowest BCUT2D eigenvalue weighted by Gasteiger charge is -2.13. The molecule has 0 aliphatic heterocycles. The molecular formula is C9H13N3O3. The van der Waals surface area contributed by atoms with E-state index in [0.29, 0.717) is 0 Å². The summed E-state index contributed by atoms with van der Waals surface area (Å²) in [4.78, 5) is 28.8. The highest BCUT2D eigenvalue weighted by Gasteiger charge is 2.20. The average Bonchev–Trinajstić information content (AvgIpc) is 2.79. The number of ether oxygens (including phenoxy) is 1. The third-order valence-corrected chi connectivity index (χ3v) is 1.54. The molecule has 6 heteroatoms. The van der Waals surface area contributed by atoms with E-state index in [9.17, 15) is 9.59 Å². The Morgan fingerprint density at radius 1 is 1.87 bits per heavy atom. The Morgan fingerprint density at radius 3 is 3.07 bits per heavy atom. The van der Waals surface area contributed by atoms with Crippen LogP contribution in [-0.2, 0) is 20.7 Å². The van der Waals surface area contributed by atoms with Gasteiger partial charge in [0.25, 0.3) is 0 Å². The topological polar surface area (TPSA) is 84.1 Å². The number of methoxy groups -OCH3 is 1. The van der Waals surface area contributed by atoms with Gasteiger partial charge in [-0.3, -0.25) is 4.79 Å². The summed E-state index contributed by atoms with van der Waals surface area (Å²) in [5.74, 6) is -1.61. The van der Waals surface area contributed by atoms with E-state index in [1.807, 2.05) is 0 Å². The lowest BCUT2D eigenvalue weighted by Crippen LogP contribution is -2.42. The monoisotopic (exact) mass is 213 g/mol. The minimum Gasteiger partial charge on any atom is -0.467 e. The average molecular weight is 213 g/mol. The first-order valence-electron chi connectivity index (χ1n) is 5.27. The van der Waals surface area contributed by atoms with Crippen LogP contribution in [0.5, 0.6) is 0 Å². The molecule has 1 aromatic rings. The molecule has 0 aliphatic rings. The van der Waals surface area contributed by atoms with Crippen LogP contribution >= 0.6 is 0 Å². The maximum Gasteiger partial charge on any atom is 0.328 e. The molecule has 1 aromatic heterocycles. The number of aromatic amines is 1. The molecule has 2 N–H and O–H groups in total. The molecule has 0 saturated carbocycles. The number of hydrogen-bond acceptors (Lipinski definition) is 4. The van der Waals surface area contributed by atoms with Crippen LogP contribution in [0.15, 0.2) is 12.5 Å². The van der Waals surface area contributed by atoms with Crippen LogP contribution in [0, 0.1) is 0 Å². The molecule has 0 spiro atoms. The number of carbonyl (C=O) groups is 2. The van der Waals surface area contributed by atoms with Crippen molar-refractivity contribution in [3.63, 3.8) is 0 Å². The molecule has 2 atom stereocenters. The zero-order valence-electron chi connectivity index (χ0n) is 10.4. The van der Waals surface area contributed by atoms with Gasteiger partial charge in [-0.2, -0.15) is 0 Å². The van der Waals surface area contributed by atoms with Gasteiger partial charge in [0.2, 0.25) is 5.91 Å². The highest BCUT2D eigenvalue weighted by atomic mass is 16.5. The van der Waals surface area contributed by atoms with Crippen molar-refractivity contribution >= 4 is 11.9 Å². The zero-order chi connectivity index (χ0) is 13.1. The van der Waals surface area contributed by atoms with Gasteiger partial charge in [-0.25, -0.2) is 9.78 Å². The first-order chi connectivity index (χ1) is 7.91. The summed E-state index contributed by atoms with van der Waals surface area (Å²) in [7, 11) is 1.09. The number of imidazole rings is 1. The van der Waals surface area contributed by atoms with Crippen LogP contribution in [0.1, 0.15) is 15.4 Å². The number of hydrogen-bond donors (Lipinski definition) is 2. The third kappa shape index (κ3) is 3.41. The molecule has 1 heterocycles.